The van der Waals surface area contributed by atoms with Crippen molar-refractivity contribution >= 4 is 11.7 Å². The molecule has 1 aromatic rings. The molecule has 1 aromatic carbocycles. The Morgan fingerprint density at radius 1 is 1.22 bits per heavy atom. The van der Waals surface area contributed by atoms with E-state index >= 15 is 0 Å². The smallest absolute Gasteiger partial charge is 0.333 e. The Morgan fingerprint density at radius 2 is 1.78 bits per heavy atom. The van der Waals surface area contributed by atoms with Gasteiger partial charge in [-0.05, 0) is 38.5 Å². The Labute approximate surface area is 109 Å². The number of nitrogens with zero attached hydrogens (tertiary/aromatic N) is 1. The van der Waals surface area contributed by atoms with Crippen LogP contribution in [0.2, 0.25) is 0 Å². The van der Waals surface area contributed by atoms with Crippen LogP contribution in [-0.2, 0) is 16.1 Å². The summed E-state index contributed by atoms with van der Waals surface area (Å²) in [6.45, 7) is 11.7. The van der Waals surface area contributed by atoms with Crippen molar-refractivity contribution in [1.82, 2.24) is 0 Å². The van der Waals surface area contributed by atoms with Crippen LogP contribution in [0.4, 0.5) is 5.69 Å². The molecule has 0 saturated heterocycles. The van der Waals surface area contributed by atoms with Gasteiger partial charge in [0.05, 0.1) is 0 Å². The van der Waals surface area contributed by atoms with Gasteiger partial charge >= 0.3 is 5.97 Å². The molecule has 0 N–H and O–H groups in total. The zero-order valence-corrected chi connectivity index (χ0v) is 11.4. The molecule has 1 rings (SSSR count). The summed E-state index contributed by atoms with van der Waals surface area (Å²) in [4.78, 5) is 13.5. The SMILES string of the molecule is C=C(C)C(=O)OCc1ccc(N(CC)CC)cc1. The first-order valence-electron chi connectivity index (χ1n) is 6.25. The van der Waals surface area contributed by atoms with Gasteiger partial charge in [0, 0.05) is 24.4 Å². The predicted octanol–water partition coefficient (Wildman–Crippen LogP) is 3.15. The Morgan fingerprint density at radius 3 is 2.22 bits per heavy atom. The number of ether oxygens (including phenoxy) is 1. The summed E-state index contributed by atoms with van der Waals surface area (Å²) in [6, 6.07) is 8.08. The van der Waals surface area contributed by atoms with Crippen molar-refractivity contribution in [3.63, 3.8) is 0 Å². The van der Waals surface area contributed by atoms with E-state index in [1.165, 1.54) is 5.69 Å². The van der Waals surface area contributed by atoms with E-state index < -0.39 is 0 Å². The lowest BCUT2D eigenvalue weighted by molar-refractivity contribution is -0.140. The van der Waals surface area contributed by atoms with E-state index in [1.807, 2.05) is 12.1 Å². The quantitative estimate of drug-likeness (QED) is 0.571. The fourth-order valence-corrected chi connectivity index (χ4v) is 1.66. The number of anilines is 1. The first-order chi connectivity index (χ1) is 8.58. The lowest BCUT2D eigenvalue weighted by atomic mass is 10.2. The average Bonchev–Trinajstić information content (AvgIpc) is 2.38. The van der Waals surface area contributed by atoms with E-state index in [4.69, 9.17) is 4.74 Å². The summed E-state index contributed by atoms with van der Waals surface area (Å²) >= 11 is 0. The number of carbonyl (C=O) groups is 1. The molecule has 0 radical (unpaired) electrons. The van der Waals surface area contributed by atoms with Crippen LogP contribution in [0.15, 0.2) is 36.4 Å². The van der Waals surface area contributed by atoms with E-state index in [0.29, 0.717) is 12.2 Å². The minimum Gasteiger partial charge on any atom is -0.457 e. The van der Waals surface area contributed by atoms with Gasteiger partial charge in [-0.1, -0.05) is 18.7 Å². The van der Waals surface area contributed by atoms with Crippen LogP contribution in [0.1, 0.15) is 26.3 Å². The van der Waals surface area contributed by atoms with Crippen LogP contribution < -0.4 is 4.90 Å². The highest BCUT2D eigenvalue weighted by Crippen LogP contribution is 2.15. The normalized spacial score (nSPS) is 9.94. The second-order valence-corrected chi connectivity index (χ2v) is 4.20. The van der Waals surface area contributed by atoms with Gasteiger partial charge in [0.2, 0.25) is 0 Å². The Kier molecular flexibility index (Phi) is 5.43. The zero-order chi connectivity index (χ0) is 13.5. The molecule has 0 spiro atoms. The molecule has 0 aliphatic rings. The van der Waals surface area contributed by atoms with Gasteiger partial charge in [0.1, 0.15) is 6.61 Å². The molecule has 98 valence electrons. The van der Waals surface area contributed by atoms with Crippen molar-refractivity contribution in [2.24, 2.45) is 0 Å². The molecule has 0 bridgehead atoms. The highest BCUT2D eigenvalue weighted by atomic mass is 16.5. The molecule has 0 aromatic heterocycles. The minimum atomic E-state index is -0.345. The van der Waals surface area contributed by atoms with Crippen molar-refractivity contribution in [2.75, 3.05) is 18.0 Å². The first-order valence-corrected chi connectivity index (χ1v) is 6.25. The lowest BCUT2D eigenvalue weighted by Gasteiger charge is -2.21. The van der Waals surface area contributed by atoms with E-state index in [0.717, 1.165) is 18.7 Å². The minimum absolute atomic E-state index is 0.296. The summed E-state index contributed by atoms with van der Waals surface area (Å²) in [5.41, 5.74) is 2.60. The number of rotatable bonds is 6. The molecular weight excluding hydrogens is 226 g/mol. The lowest BCUT2D eigenvalue weighted by Crippen LogP contribution is -2.21. The fourth-order valence-electron chi connectivity index (χ4n) is 1.66. The molecule has 0 saturated carbocycles. The van der Waals surface area contributed by atoms with Gasteiger partial charge < -0.3 is 9.64 Å². The molecule has 18 heavy (non-hydrogen) atoms. The van der Waals surface area contributed by atoms with Crippen molar-refractivity contribution in [1.29, 1.82) is 0 Å². The number of carbonyl (C=O) groups excluding carboxylic acids is 1. The molecule has 3 nitrogen and oxygen atoms in total. The molecule has 0 aliphatic carbocycles. The van der Waals surface area contributed by atoms with E-state index in [1.54, 1.807) is 6.92 Å². The molecule has 0 atom stereocenters. The van der Waals surface area contributed by atoms with Gasteiger partial charge in [-0.3, -0.25) is 0 Å². The fraction of sp³-hybridized carbons (Fsp3) is 0.400. The van der Waals surface area contributed by atoms with Crippen LogP contribution in [0.25, 0.3) is 0 Å². The van der Waals surface area contributed by atoms with Gasteiger partial charge in [-0.15, -0.1) is 0 Å². The second kappa shape index (κ2) is 6.84. The molecule has 3 heteroatoms. The first kappa shape index (κ1) is 14.3. The molecule has 0 aliphatic heterocycles. The third kappa shape index (κ3) is 3.91. The zero-order valence-electron chi connectivity index (χ0n) is 11.4. The maximum Gasteiger partial charge on any atom is 0.333 e. The summed E-state index contributed by atoms with van der Waals surface area (Å²) < 4.78 is 5.09. The maximum absolute atomic E-state index is 11.3. The molecule has 0 heterocycles. The summed E-state index contributed by atoms with van der Waals surface area (Å²) in [7, 11) is 0. The number of hydrogen-bond acceptors (Lipinski definition) is 3. The van der Waals surface area contributed by atoms with Crippen molar-refractivity contribution in [2.45, 2.75) is 27.4 Å². The van der Waals surface area contributed by atoms with Crippen LogP contribution in [0, 0.1) is 0 Å². The van der Waals surface area contributed by atoms with E-state index in [2.05, 4.69) is 37.5 Å². The van der Waals surface area contributed by atoms with Crippen molar-refractivity contribution in [3.05, 3.63) is 42.0 Å². The third-order valence-electron chi connectivity index (χ3n) is 2.78. The van der Waals surface area contributed by atoms with Crippen molar-refractivity contribution < 1.29 is 9.53 Å². The summed E-state index contributed by atoms with van der Waals surface area (Å²) in [5, 5.41) is 0. The highest BCUT2D eigenvalue weighted by Gasteiger charge is 2.05. The molecule has 0 amide bonds. The Balaban J connectivity index is 2.60. The largest absolute Gasteiger partial charge is 0.457 e. The molecule has 0 fully saturated rings. The number of esters is 1. The van der Waals surface area contributed by atoms with Gasteiger partial charge in [0.25, 0.3) is 0 Å². The van der Waals surface area contributed by atoms with Crippen LogP contribution in [0.3, 0.4) is 0 Å². The monoisotopic (exact) mass is 247 g/mol. The van der Waals surface area contributed by atoms with Gasteiger partial charge in [0.15, 0.2) is 0 Å². The van der Waals surface area contributed by atoms with Crippen LogP contribution >= 0.6 is 0 Å². The van der Waals surface area contributed by atoms with E-state index in [-0.39, 0.29) is 5.97 Å². The average molecular weight is 247 g/mol. The summed E-state index contributed by atoms with van der Waals surface area (Å²) in [6.07, 6.45) is 0. The van der Waals surface area contributed by atoms with Gasteiger partial charge in [-0.25, -0.2) is 4.79 Å². The van der Waals surface area contributed by atoms with E-state index in [9.17, 15) is 4.79 Å². The second-order valence-electron chi connectivity index (χ2n) is 4.20. The number of hydrogen-bond donors (Lipinski definition) is 0. The summed E-state index contributed by atoms with van der Waals surface area (Å²) in [5.74, 6) is -0.345. The number of benzene rings is 1. The third-order valence-corrected chi connectivity index (χ3v) is 2.78. The Hall–Kier alpha value is -1.77. The molecular formula is C15H21NO2. The van der Waals surface area contributed by atoms with Crippen molar-refractivity contribution in [3.8, 4) is 0 Å². The maximum atomic E-state index is 11.3. The van der Waals surface area contributed by atoms with Crippen LogP contribution in [-0.4, -0.2) is 19.1 Å². The Bertz CT molecular complexity index is 405. The van der Waals surface area contributed by atoms with Gasteiger partial charge in [-0.2, -0.15) is 0 Å². The highest BCUT2D eigenvalue weighted by molar-refractivity contribution is 5.86. The van der Waals surface area contributed by atoms with Crippen LogP contribution in [0.5, 0.6) is 0 Å². The molecule has 0 unspecified atom stereocenters. The topological polar surface area (TPSA) is 29.5 Å². The predicted molar refractivity (Wildman–Crippen MR) is 74.6 cm³/mol. The standard InChI is InChI=1S/C15H21NO2/c1-5-16(6-2)14-9-7-13(8-10-14)11-18-15(17)12(3)4/h7-10H,3,5-6,11H2,1-2,4H3.